The van der Waals surface area contributed by atoms with Crippen LogP contribution in [0.15, 0.2) is 44.0 Å². The highest BCUT2D eigenvalue weighted by Gasteiger charge is 2.35. The fourth-order valence-corrected chi connectivity index (χ4v) is 3.56. The Morgan fingerprint density at radius 1 is 1.30 bits per heavy atom. The SMILES string of the molecule is CCSC(=NOC)C(Cl)=Cc1cc(-n2c(=O)cc(C(F)(F)F)n(C)c2=O)ccc1Cl. The number of nitrogens with zero attached hydrogens (tertiary/aromatic N) is 3. The van der Waals surface area contributed by atoms with Crippen molar-refractivity contribution < 1.29 is 18.0 Å². The fraction of sp³-hybridized carbons (Fsp3) is 0.278. The summed E-state index contributed by atoms with van der Waals surface area (Å²) >= 11 is 13.8. The summed E-state index contributed by atoms with van der Waals surface area (Å²) in [5.74, 6) is 0.664. The highest BCUT2D eigenvalue weighted by molar-refractivity contribution is 8.14. The van der Waals surface area contributed by atoms with Crippen molar-refractivity contribution in [2.75, 3.05) is 12.9 Å². The number of aromatic nitrogens is 2. The minimum atomic E-state index is -4.85. The quantitative estimate of drug-likeness (QED) is 0.358. The smallest absolute Gasteiger partial charge is 0.398 e. The van der Waals surface area contributed by atoms with Crippen LogP contribution in [0.4, 0.5) is 13.2 Å². The van der Waals surface area contributed by atoms with Crippen LogP contribution in [-0.2, 0) is 18.1 Å². The molecular formula is C18H16Cl2F3N3O3S. The molecule has 1 heterocycles. The Kier molecular flexibility index (Phi) is 7.84. The number of thioether (sulfide) groups is 1. The van der Waals surface area contributed by atoms with E-state index in [1.54, 1.807) is 0 Å². The number of halogens is 5. The number of hydrogen-bond donors (Lipinski definition) is 0. The zero-order valence-corrected chi connectivity index (χ0v) is 18.3. The van der Waals surface area contributed by atoms with Crippen LogP contribution in [0.3, 0.4) is 0 Å². The number of alkyl halides is 3. The molecule has 0 fully saturated rings. The van der Waals surface area contributed by atoms with Crippen LogP contribution in [0.1, 0.15) is 18.2 Å². The molecule has 0 aliphatic carbocycles. The van der Waals surface area contributed by atoms with Crippen molar-refractivity contribution in [2.24, 2.45) is 12.2 Å². The number of benzene rings is 1. The second-order valence-electron chi connectivity index (χ2n) is 5.75. The third-order valence-electron chi connectivity index (χ3n) is 3.79. The van der Waals surface area contributed by atoms with Crippen molar-refractivity contribution in [1.82, 2.24) is 9.13 Å². The highest BCUT2D eigenvalue weighted by Crippen LogP contribution is 2.28. The lowest BCUT2D eigenvalue weighted by atomic mass is 10.2. The molecule has 2 rings (SSSR count). The molecule has 0 N–H and O–H groups in total. The maximum absolute atomic E-state index is 13.0. The van der Waals surface area contributed by atoms with E-state index in [-0.39, 0.29) is 15.7 Å². The predicted octanol–water partition coefficient (Wildman–Crippen LogP) is 4.50. The normalized spacial score (nSPS) is 12.9. The third-order valence-corrected chi connectivity index (χ3v) is 5.39. The van der Waals surface area contributed by atoms with Gasteiger partial charge in [-0.1, -0.05) is 35.3 Å². The Bertz CT molecular complexity index is 1120. The minimum Gasteiger partial charge on any atom is -0.398 e. The fourth-order valence-electron chi connectivity index (χ4n) is 2.47. The van der Waals surface area contributed by atoms with Gasteiger partial charge >= 0.3 is 11.9 Å². The van der Waals surface area contributed by atoms with E-state index in [1.807, 2.05) is 6.92 Å². The lowest BCUT2D eigenvalue weighted by Crippen LogP contribution is -2.40. The molecule has 12 heteroatoms. The van der Waals surface area contributed by atoms with E-state index in [1.165, 1.54) is 43.1 Å². The van der Waals surface area contributed by atoms with E-state index in [0.717, 1.165) is 7.05 Å². The summed E-state index contributed by atoms with van der Waals surface area (Å²) < 4.78 is 40.1. The first-order valence-electron chi connectivity index (χ1n) is 8.33. The van der Waals surface area contributed by atoms with Gasteiger partial charge in [-0.05, 0) is 35.6 Å². The van der Waals surface area contributed by atoms with E-state index < -0.39 is 23.1 Å². The molecule has 0 aliphatic rings. The van der Waals surface area contributed by atoms with Crippen LogP contribution in [0, 0.1) is 0 Å². The summed E-state index contributed by atoms with van der Waals surface area (Å²) in [5.41, 5.74) is -3.27. The molecule has 0 radical (unpaired) electrons. The molecule has 0 saturated heterocycles. The molecule has 6 nitrogen and oxygen atoms in total. The Morgan fingerprint density at radius 3 is 2.53 bits per heavy atom. The van der Waals surface area contributed by atoms with Crippen LogP contribution in [0.25, 0.3) is 11.8 Å². The van der Waals surface area contributed by atoms with Gasteiger partial charge in [0, 0.05) is 18.1 Å². The molecular weight excluding hydrogens is 466 g/mol. The second-order valence-corrected chi connectivity index (χ2v) is 7.82. The van der Waals surface area contributed by atoms with Gasteiger partial charge in [0.05, 0.1) is 10.7 Å². The van der Waals surface area contributed by atoms with Crippen LogP contribution in [-0.4, -0.2) is 27.0 Å². The van der Waals surface area contributed by atoms with Gasteiger partial charge in [0.15, 0.2) is 5.04 Å². The average Bonchev–Trinajstić information content (AvgIpc) is 2.66. The predicted molar refractivity (Wildman–Crippen MR) is 114 cm³/mol. The van der Waals surface area contributed by atoms with Gasteiger partial charge in [0.1, 0.15) is 12.8 Å². The van der Waals surface area contributed by atoms with Crippen molar-refractivity contribution >= 4 is 46.1 Å². The monoisotopic (exact) mass is 481 g/mol. The number of rotatable bonds is 5. The first kappa shape index (κ1) is 24.1. The van der Waals surface area contributed by atoms with E-state index in [4.69, 9.17) is 28.0 Å². The number of hydrogen-bond acceptors (Lipinski definition) is 5. The van der Waals surface area contributed by atoms with Gasteiger partial charge in [-0.15, -0.1) is 11.8 Å². The zero-order chi connectivity index (χ0) is 22.6. The summed E-state index contributed by atoms with van der Waals surface area (Å²) in [6, 6.07) is 4.46. The van der Waals surface area contributed by atoms with Gasteiger partial charge in [0.2, 0.25) is 0 Å². The van der Waals surface area contributed by atoms with Crippen molar-refractivity contribution in [3.05, 3.63) is 66.4 Å². The largest absolute Gasteiger partial charge is 0.431 e. The molecule has 0 aliphatic heterocycles. The standard InChI is InChI=1S/C18H16Cl2F3N3O3S/c1-4-30-16(24-29-3)13(20)8-10-7-11(5-6-12(10)19)26-15(27)9-14(18(21,22)23)25(2)17(26)28/h5-9H,4H2,1-3H3. The van der Waals surface area contributed by atoms with E-state index in [2.05, 4.69) is 5.16 Å². The zero-order valence-electron chi connectivity index (χ0n) is 16.0. The van der Waals surface area contributed by atoms with E-state index in [0.29, 0.717) is 31.6 Å². The Hall–Kier alpha value is -2.17. The molecule has 2 aromatic rings. The molecule has 1 aromatic heterocycles. The summed E-state index contributed by atoms with van der Waals surface area (Å²) in [6.07, 6.45) is -3.39. The second kappa shape index (κ2) is 9.76. The molecule has 1 aromatic carbocycles. The van der Waals surface area contributed by atoms with E-state index >= 15 is 0 Å². The molecule has 0 spiro atoms. The Balaban J connectivity index is 2.65. The number of oxime groups is 1. The molecule has 0 saturated carbocycles. The van der Waals surface area contributed by atoms with Gasteiger partial charge in [0.25, 0.3) is 5.56 Å². The lowest BCUT2D eigenvalue weighted by Gasteiger charge is -2.14. The van der Waals surface area contributed by atoms with Gasteiger partial charge < -0.3 is 4.84 Å². The molecule has 0 unspecified atom stereocenters. The maximum atomic E-state index is 13.0. The van der Waals surface area contributed by atoms with Crippen LogP contribution < -0.4 is 11.2 Å². The van der Waals surface area contributed by atoms with Crippen LogP contribution in [0.5, 0.6) is 0 Å². The topological polar surface area (TPSA) is 65.6 Å². The summed E-state index contributed by atoms with van der Waals surface area (Å²) in [4.78, 5) is 29.5. The molecule has 162 valence electrons. The highest BCUT2D eigenvalue weighted by atomic mass is 35.5. The van der Waals surface area contributed by atoms with Gasteiger partial charge in [-0.3, -0.25) is 9.36 Å². The van der Waals surface area contributed by atoms with Crippen molar-refractivity contribution in [2.45, 2.75) is 13.1 Å². The maximum Gasteiger partial charge on any atom is 0.431 e. The summed E-state index contributed by atoms with van der Waals surface area (Å²) in [7, 11) is 2.30. The van der Waals surface area contributed by atoms with E-state index in [9.17, 15) is 22.8 Å². The average molecular weight is 482 g/mol. The van der Waals surface area contributed by atoms with Crippen molar-refractivity contribution in [3.8, 4) is 5.69 Å². The van der Waals surface area contributed by atoms with Crippen molar-refractivity contribution in [1.29, 1.82) is 0 Å². The van der Waals surface area contributed by atoms with Crippen LogP contribution >= 0.6 is 35.0 Å². The Morgan fingerprint density at radius 2 is 1.97 bits per heavy atom. The van der Waals surface area contributed by atoms with Gasteiger partial charge in [-0.2, -0.15) is 13.2 Å². The molecule has 0 bridgehead atoms. The minimum absolute atomic E-state index is 0.0304. The first-order valence-corrected chi connectivity index (χ1v) is 10.1. The Labute approximate surface area is 183 Å². The third kappa shape index (κ3) is 5.30. The molecule has 0 amide bonds. The van der Waals surface area contributed by atoms with Gasteiger partial charge in [-0.25, -0.2) is 9.36 Å². The van der Waals surface area contributed by atoms with Crippen molar-refractivity contribution in [3.63, 3.8) is 0 Å². The summed E-state index contributed by atoms with van der Waals surface area (Å²) in [5, 5.41) is 4.63. The molecule has 0 atom stereocenters. The van der Waals surface area contributed by atoms with Crippen LogP contribution in [0.2, 0.25) is 5.02 Å². The lowest BCUT2D eigenvalue weighted by molar-refractivity contribution is -0.144. The molecule has 30 heavy (non-hydrogen) atoms. The first-order chi connectivity index (χ1) is 14.0. The summed E-state index contributed by atoms with van der Waals surface area (Å²) in [6.45, 7) is 1.89.